The van der Waals surface area contributed by atoms with Gasteiger partial charge in [-0.25, -0.2) is 0 Å². The Morgan fingerprint density at radius 1 is 1.91 bits per heavy atom. The van der Waals surface area contributed by atoms with E-state index in [1.165, 1.54) is 0 Å². The molecule has 0 saturated heterocycles. The fraction of sp³-hybridized carbons (Fsp3) is 0.600. The lowest BCUT2D eigenvalue weighted by molar-refractivity contribution is -0.126. The summed E-state index contributed by atoms with van der Waals surface area (Å²) in [5, 5.41) is 2.15. The molecule has 0 aliphatic carbocycles. The normalized spacial score (nSPS) is 12.3. The molecule has 1 amide bonds. The van der Waals surface area contributed by atoms with Crippen LogP contribution in [0, 0.1) is 0 Å². The van der Waals surface area contributed by atoms with Crippen molar-refractivity contribution in [1.82, 2.24) is 10.5 Å². The predicted octanol–water partition coefficient (Wildman–Crippen LogP) is -1.46. The molecule has 0 radical (unpaired) electrons. The molecule has 1 atom stereocenters. The van der Waals surface area contributed by atoms with Crippen molar-refractivity contribution in [2.24, 2.45) is 11.6 Å². The van der Waals surface area contributed by atoms with E-state index in [0.717, 1.165) is 10.4 Å². The van der Waals surface area contributed by atoms with Crippen LogP contribution >= 0.6 is 12.2 Å². The third kappa shape index (κ3) is 3.99. The Hall–Kier alpha value is -0.560. The van der Waals surface area contributed by atoms with E-state index >= 15 is 0 Å². The van der Waals surface area contributed by atoms with Crippen molar-refractivity contribution in [3.05, 3.63) is 0 Å². The number of nitrogens with one attached hydrogen (secondary N) is 1. The average molecular weight is 176 g/mol. The maximum atomic E-state index is 10.8. The molecule has 0 aliphatic heterocycles. The third-order valence-corrected chi connectivity index (χ3v) is 1.19. The Bertz CT molecular complexity index is 149. The highest BCUT2D eigenvalue weighted by Gasteiger charge is 2.09. The number of nitrogens with zero attached hydrogens (tertiary/aromatic N) is 1. The van der Waals surface area contributed by atoms with Gasteiger partial charge in [0.2, 0.25) is 0 Å². The first-order valence-corrected chi connectivity index (χ1v) is 3.57. The minimum atomic E-state index is -0.361. The second kappa shape index (κ2) is 5.14. The molecule has 5 N–H and O–H groups in total. The van der Waals surface area contributed by atoms with Crippen LogP contribution in [-0.2, 0) is 4.79 Å². The lowest BCUT2D eigenvalue weighted by Crippen LogP contribution is -2.51. The van der Waals surface area contributed by atoms with Crippen molar-refractivity contribution in [3.63, 3.8) is 0 Å². The summed E-state index contributed by atoms with van der Waals surface area (Å²) in [6.07, 6.45) is 0. The molecule has 64 valence electrons. The monoisotopic (exact) mass is 176 g/mol. The predicted molar refractivity (Wildman–Crippen MR) is 46.3 cm³/mol. The molecule has 0 bridgehead atoms. The molecule has 0 aromatic rings. The number of nitrogens with two attached hydrogens (primary N) is 2. The highest BCUT2D eigenvalue weighted by Crippen LogP contribution is 1.83. The quantitative estimate of drug-likeness (QED) is 0.277. The Labute approximate surface area is 70.6 Å². The third-order valence-electron chi connectivity index (χ3n) is 0.993. The number of carbonyl (C=O) groups is 1. The van der Waals surface area contributed by atoms with Gasteiger partial charge in [-0.15, -0.1) is 0 Å². The van der Waals surface area contributed by atoms with Crippen LogP contribution in [0.15, 0.2) is 0 Å². The van der Waals surface area contributed by atoms with E-state index in [9.17, 15) is 4.79 Å². The smallest absolute Gasteiger partial charge is 0.272 e. The van der Waals surface area contributed by atoms with E-state index in [2.05, 4.69) is 17.8 Å². The van der Waals surface area contributed by atoms with Gasteiger partial charge in [0.05, 0.1) is 11.9 Å². The zero-order chi connectivity index (χ0) is 8.85. The molecule has 0 spiro atoms. The number of rotatable bonds is 4. The van der Waals surface area contributed by atoms with Crippen LogP contribution in [0.3, 0.4) is 0 Å². The largest absolute Gasteiger partial charge is 0.326 e. The van der Waals surface area contributed by atoms with E-state index in [1.807, 2.05) is 0 Å². The van der Waals surface area contributed by atoms with Gasteiger partial charge in [0.25, 0.3) is 5.91 Å². The molecule has 5 nitrogen and oxygen atoms in total. The first kappa shape index (κ1) is 10.4. The molecule has 0 aromatic carbocycles. The number of hydrogen-bond donors (Lipinski definition) is 3. The maximum Gasteiger partial charge on any atom is 0.272 e. The summed E-state index contributed by atoms with van der Waals surface area (Å²) < 4.78 is 0. The van der Waals surface area contributed by atoms with Crippen molar-refractivity contribution >= 4 is 23.5 Å². The van der Waals surface area contributed by atoms with Gasteiger partial charge in [0.15, 0.2) is 0 Å². The minimum absolute atomic E-state index is 0.134. The summed E-state index contributed by atoms with van der Waals surface area (Å²) in [5.74, 6) is 4.67. The van der Waals surface area contributed by atoms with Crippen LogP contribution in [0.2, 0.25) is 0 Å². The first-order valence-electron chi connectivity index (χ1n) is 3.10. The summed E-state index contributed by atoms with van der Waals surface area (Å²) in [6, 6.07) is -0.134. The van der Waals surface area contributed by atoms with E-state index in [-0.39, 0.29) is 11.9 Å². The Morgan fingerprint density at radius 3 is 2.73 bits per heavy atom. The number of hydrogen-bond acceptors (Lipinski definition) is 5. The van der Waals surface area contributed by atoms with Crippen molar-refractivity contribution in [1.29, 1.82) is 0 Å². The summed E-state index contributed by atoms with van der Waals surface area (Å²) in [4.78, 5) is 10.8. The van der Waals surface area contributed by atoms with E-state index in [1.54, 1.807) is 6.92 Å². The average Bonchev–Trinajstić information content (AvgIpc) is 1.98. The number of amides is 1. The molecule has 1 unspecified atom stereocenters. The van der Waals surface area contributed by atoms with E-state index < -0.39 is 0 Å². The summed E-state index contributed by atoms with van der Waals surface area (Å²) >= 11 is 4.42. The maximum absolute atomic E-state index is 10.8. The highest BCUT2D eigenvalue weighted by molar-refractivity contribution is 7.80. The molecule has 0 heterocycles. The minimum Gasteiger partial charge on any atom is -0.326 e. The number of hydrazine groups is 2. The zero-order valence-electron chi connectivity index (χ0n) is 6.28. The molecule has 11 heavy (non-hydrogen) atoms. The van der Waals surface area contributed by atoms with Gasteiger partial charge < -0.3 is 5.73 Å². The molecular weight excluding hydrogens is 164 g/mol. The summed E-state index contributed by atoms with van der Waals surface area (Å²) in [7, 11) is 0. The van der Waals surface area contributed by atoms with E-state index in [0.29, 0.717) is 6.54 Å². The topological polar surface area (TPSA) is 84.4 Å². The van der Waals surface area contributed by atoms with Crippen molar-refractivity contribution < 1.29 is 4.79 Å². The molecule has 6 heteroatoms. The van der Waals surface area contributed by atoms with Crippen molar-refractivity contribution in [3.8, 4) is 0 Å². The molecular formula is C5H12N4OS. The molecule has 0 fully saturated rings. The fourth-order valence-corrected chi connectivity index (χ4v) is 0.685. The van der Waals surface area contributed by atoms with Crippen LogP contribution < -0.4 is 17.1 Å². The molecule has 0 aliphatic rings. The first-order chi connectivity index (χ1) is 5.11. The number of carbonyl (C=O) groups excluding carboxylic acids is 1. The van der Waals surface area contributed by atoms with Gasteiger partial charge in [-0.2, -0.15) is 5.53 Å². The Balaban J connectivity index is 3.94. The molecule has 0 saturated carbocycles. The van der Waals surface area contributed by atoms with Gasteiger partial charge >= 0.3 is 0 Å². The van der Waals surface area contributed by atoms with Crippen molar-refractivity contribution in [2.45, 2.75) is 13.0 Å². The zero-order valence-corrected chi connectivity index (χ0v) is 7.10. The standard InChI is InChI=1S/C5H12N4OS/c1-4(6)2-9(8-7)5(10)3-11/h3-4,8H,2,6-7H2,1H3. The summed E-state index contributed by atoms with van der Waals surface area (Å²) in [6.45, 7) is 2.10. The Kier molecular flexibility index (Phi) is 4.88. The highest BCUT2D eigenvalue weighted by atomic mass is 32.1. The van der Waals surface area contributed by atoms with Gasteiger partial charge in [-0.3, -0.25) is 15.6 Å². The van der Waals surface area contributed by atoms with Crippen LogP contribution in [-0.4, -0.2) is 28.9 Å². The van der Waals surface area contributed by atoms with E-state index in [4.69, 9.17) is 11.6 Å². The molecule has 0 rings (SSSR count). The molecule has 0 aromatic heterocycles. The van der Waals surface area contributed by atoms with Crippen LogP contribution in [0.4, 0.5) is 0 Å². The fourth-order valence-electron chi connectivity index (χ4n) is 0.558. The number of thiocarbonyl (C=S) groups is 1. The second-order valence-corrected chi connectivity index (χ2v) is 2.41. The lowest BCUT2D eigenvalue weighted by Gasteiger charge is -2.20. The van der Waals surface area contributed by atoms with Crippen LogP contribution in [0.25, 0.3) is 0 Å². The van der Waals surface area contributed by atoms with Gasteiger partial charge in [0, 0.05) is 6.04 Å². The van der Waals surface area contributed by atoms with Gasteiger partial charge in [0.1, 0.15) is 0 Å². The lowest BCUT2D eigenvalue weighted by atomic mass is 10.3. The van der Waals surface area contributed by atoms with Gasteiger partial charge in [-0.05, 0) is 6.92 Å². The second-order valence-electron chi connectivity index (χ2n) is 2.17. The van der Waals surface area contributed by atoms with Crippen LogP contribution in [0.1, 0.15) is 6.92 Å². The summed E-state index contributed by atoms with van der Waals surface area (Å²) in [5.41, 5.74) is 7.61. The van der Waals surface area contributed by atoms with Crippen molar-refractivity contribution in [2.75, 3.05) is 6.54 Å². The Morgan fingerprint density at radius 2 is 2.45 bits per heavy atom. The van der Waals surface area contributed by atoms with Gasteiger partial charge in [-0.1, -0.05) is 12.2 Å². The SMILES string of the molecule is CC(N)CN(NN)C(=O)C=S. The van der Waals surface area contributed by atoms with Crippen LogP contribution in [0.5, 0.6) is 0 Å².